The summed E-state index contributed by atoms with van der Waals surface area (Å²) in [6.45, 7) is 0.703. The molecule has 0 aliphatic carbocycles. The Labute approximate surface area is 82.5 Å². The summed E-state index contributed by atoms with van der Waals surface area (Å²) in [6.07, 6.45) is 1.80. The quantitative estimate of drug-likeness (QED) is 0.654. The summed E-state index contributed by atoms with van der Waals surface area (Å²) in [5, 5.41) is 11.0. The second kappa shape index (κ2) is 3.95. The predicted molar refractivity (Wildman–Crippen MR) is 56.9 cm³/mol. The van der Waals surface area contributed by atoms with E-state index in [0.717, 1.165) is 16.5 Å². The molecule has 0 saturated carbocycles. The van der Waals surface area contributed by atoms with Gasteiger partial charge in [-0.05, 0) is 19.2 Å². The molecule has 0 aliphatic heterocycles. The smallest absolute Gasteiger partial charge is 0.0662 e. The highest BCUT2D eigenvalue weighted by Gasteiger charge is 1.98. The van der Waals surface area contributed by atoms with Gasteiger partial charge >= 0.3 is 0 Å². The van der Waals surface area contributed by atoms with Gasteiger partial charge in [0.2, 0.25) is 0 Å². The van der Waals surface area contributed by atoms with E-state index in [-0.39, 0.29) is 0 Å². The zero-order valence-corrected chi connectivity index (χ0v) is 7.96. The number of hydrogen-bond donors (Lipinski definition) is 2. The van der Waals surface area contributed by atoms with Crippen LogP contribution < -0.4 is 5.32 Å². The molecule has 2 N–H and O–H groups in total. The Morgan fingerprint density at radius 1 is 1.50 bits per heavy atom. The molecule has 2 rings (SSSR count). The van der Waals surface area contributed by atoms with Gasteiger partial charge in [0.1, 0.15) is 0 Å². The predicted octanol–water partition coefficient (Wildman–Crippen LogP) is 1.13. The minimum Gasteiger partial charge on any atom is -0.309 e. The molecule has 0 unspecified atom stereocenters. The van der Waals surface area contributed by atoms with E-state index in [1.165, 1.54) is 0 Å². The molecule has 0 spiro atoms. The van der Waals surface area contributed by atoms with Crippen molar-refractivity contribution in [2.45, 2.75) is 0 Å². The molecule has 3 nitrogen and oxygen atoms in total. The fourth-order valence-electron chi connectivity index (χ4n) is 1.30. The van der Waals surface area contributed by atoms with Gasteiger partial charge in [0.25, 0.3) is 0 Å². The summed E-state index contributed by atoms with van der Waals surface area (Å²) in [5.74, 6) is 6.13. The third-order valence-electron chi connectivity index (χ3n) is 1.97. The molecule has 1 aromatic carbocycles. The minimum absolute atomic E-state index is 0.703. The van der Waals surface area contributed by atoms with Crippen LogP contribution in [0.1, 0.15) is 5.56 Å². The first-order chi connectivity index (χ1) is 6.92. The van der Waals surface area contributed by atoms with Crippen molar-refractivity contribution in [2.75, 3.05) is 13.6 Å². The highest BCUT2D eigenvalue weighted by atomic mass is 15.1. The lowest BCUT2D eigenvalue weighted by Crippen LogP contribution is -2.04. The highest BCUT2D eigenvalue weighted by molar-refractivity contribution is 5.84. The Hall–Kier alpha value is -1.79. The molecule has 0 radical (unpaired) electrons. The van der Waals surface area contributed by atoms with Crippen molar-refractivity contribution in [2.24, 2.45) is 0 Å². The third kappa shape index (κ3) is 1.61. The molecule has 0 bridgehead atoms. The van der Waals surface area contributed by atoms with Gasteiger partial charge in [0, 0.05) is 10.9 Å². The molecule has 0 saturated heterocycles. The average Bonchev–Trinajstić information content (AvgIpc) is 2.67. The number of benzene rings is 1. The van der Waals surface area contributed by atoms with Crippen molar-refractivity contribution < 1.29 is 0 Å². The summed E-state index contributed by atoms with van der Waals surface area (Å²) in [7, 11) is 1.88. The number of rotatable bonds is 1. The van der Waals surface area contributed by atoms with E-state index in [2.05, 4.69) is 27.4 Å². The lowest BCUT2D eigenvalue weighted by atomic mass is 10.1. The monoisotopic (exact) mass is 185 g/mol. The Bertz CT molecular complexity index is 488. The van der Waals surface area contributed by atoms with Crippen LogP contribution in [0.25, 0.3) is 10.9 Å². The van der Waals surface area contributed by atoms with Crippen LogP contribution in [0.3, 0.4) is 0 Å². The lowest BCUT2D eigenvalue weighted by Gasteiger charge is -1.91. The molecular weight excluding hydrogens is 174 g/mol. The van der Waals surface area contributed by atoms with E-state index >= 15 is 0 Å². The number of nitrogens with zero attached hydrogens (tertiary/aromatic N) is 1. The second-order valence-electron chi connectivity index (χ2n) is 2.97. The first kappa shape index (κ1) is 8.79. The van der Waals surface area contributed by atoms with E-state index in [1.54, 1.807) is 6.20 Å². The zero-order valence-electron chi connectivity index (χ0n) is 7.96. The number of aromatic amines is 1. The molecule has 1 heterocycles. The number of fused-ring (bicyclic) bond motifs is 1. The van der Waals surface area contributed by atoms with Gasteiger partial charge in [-0.25, -0.2) is 0 Å². The fourth-order valence-corrected chi connectivity index (χ4v) is 1.30. The van der Waals surface area contributed by atoms with Crippen LogP contribution in [0.5, 0.6) is 0 Å². The van der Waals surface area contributed by atoms with Crippen molar-refractivity contribution >= 4 is 10.9 Å². The highest BCUT2D eigenvalue weighted by Crippen LogP contribution is 2.14. The van der Waals surface area contributed by atoms with Crippen molar-refractivity contribution in [3.05, 3.63) is 30.0 Å². The van der Waals surface area contributed by atoms with Gasteiger partial charge in [0.05, 0.1) is 18.3 Å². The normalized spacial score (nSPS) is 9.79. The van der Waals surface area contributed by atoms with Gasteiger partial charge in [-0.15, -0.1) is 0 Å². The fraction of sp³-hybridized carbons (Fsp3) is 0.182. The largest absolute Gasteiger partial charge is 0.309 e. The van der Waals surface area contributed by atoms with E-state index < -0.39 is 0 Å². The third-order valence-corrected chi connectivity index (χ3v) is 1.97. The maximum atomic E-state index is 3.98. The van der Waals surface area contributed by atoms with Crippen LogP contribution in [0.2, 0.25) is 0 Å². The summed E-state index contributed by atoms with van der Waals surface area (Å²) < 4.78 is 0. The maximum Gasteiger partial charge on any atom is 0.0662 e. The SMILES string of the molecule is CNCC#Cc1cccc2[nH]ncc12. The van der Waals surface area contributed by atoms with E-state index in [4.69, 9.17) is 0 Å². The second-order valence-corrected chi connectivity index (χ2v) is 2.97. The van der Waals surface area contributed by atoms with E-state index in [1.807, 2.05) is 25.2 Å². The van der Waals surface area contributed by atoms with Gasteiger partial charge in [-0.2, -0.15) is 5.10 Å². The first-order valence-corrected chi connectivity index (χ1v) is 4.47. The molecule has 0 aliphatic rings. The molecule has 0 fully saturated rings. The Morgan fingerprint density at radius 2 is 2.43 bits per heavy atom. The van der Waals surface area contributed by atoms with Crippen LogP contribution >= 0.6 is 0 Å². The summed E-state index contributed by atoms with van der Waals surface area (Å²) >= 11 is 0. The number of aromatic nitrogens is 2. The number of hydrogen-bond acceptors (Lipinski definition) is 2. The summed E-state index contributed by atoms with van der Waals surface area (Å²) in [6, 6.07) is 5.97. The van der Waals surface area contributed by atoms with E-state index in [9.17, 15) is 0 Å². The van der Waals surface area contributed by atoms with Gasteiger partial charge < -0.3 is 5.32 Å². The molecule has 2 aromatic rings. The van der Waals surface area contributed by atoms with Crippen molar-refractivity contribution in [3.63, 3.8) is 0 Å². The van der Waals surface area contributed by atoms with E-state index in [0.29, 0.717) is 6.54 Å². The molecule has 0 amide bonds. The average molecular weight is 185 g/mol. The van der Waals surface area contributed by atoms with Gasteiger partial charge in [-0.1, -0.05) is 17.9 Å². The summed E-state index contributed by atoms with van der Waals surface area (Å²) in [4.78, 5) is 0. The standard InChI is InChI=1S/C11H11N3/c1-12-7-3-5-9-4-2-6-11-10(9)8-13-14-11/h2,4,6,8,12H,7H2,1H3,(H,13,14). The number of H-pyrrole nitrogens is 1. The van der Waals surface area contributed by atoms with Crippen LogP contribution in [0, 0.1) is 11.8 Å². The number of nitrogens with one attached hydrogen (secondary N) is 2. The van der Waals surface area contributed by atoms with Crippen LogP contribution in [-0.4, -0.2) is 23.8 Å². The zero-order chi connectivity index (χ0) is 9.80. The topological polar surface area (TPSA) is 40.7 Å². The van der Waals surface area contributed by atoms with Gasteiger partial charge in [-0.3, -0.25) is 5.10 Å². The Kier molecular flexibility index (Phi) is 2.48. The Morgan fingerprint density at radius 3 is 3.29 bits per heavy atom. The van der Waals surface area contributed by atoms with Crippen molar-refractivity contribution in [1.29, 1.82) is 0 Å². The van der Waals surface area contributed by atoms with Crippen molar-refractivity contribution in [1.82, 2.24) is 15.5 Å². The van der Waals surface area contributed by atoms with Gasteiger partial charge in [0.15, 0.2) is 0 Å². The minimum atomic E-state index is 0.703. The molecular formula is C11H11N3. The van der Waals surface area contributed by atoms with Crippen LogP contribution in [0.4, 0.5) is 0 Å². The molecule has 14 heavy (non-hydrogen) atoms. The van der Waals surface area contributed by atoms with Crippen LogP contribution in [-0.2, 0) is 0 Å². The van der Waals surface area contributed by atoms with Crippen LogP contribution in [0.15, 0.2) is 24.4 Å². The molecule has 0 atom stereocenters. The Balaban J connectivity index is 2.43. The molecule has 1 aromatic heterocycles. The van der Waals surface area contributed by atoms with Crippen molar-refractivity contribution in [3.8, 4) is 11.8 Å². The summed E-state index contributed by atoms with van der Waals surface area (Å²) in [5.41, 5.74) is 2.05. The molecule has 3 heteroatoms. The molecule has 70 valence electrons. The first-order valence-electron chi connectivity index (χ1n) is 4.47. The lowest BCUT2D eigenvalue weighted by molar-refractivity contribution is 0.938. The maximum absolute atomic E-state index is 3.98.